The normalized spacial score (nSPS) is 10.2. The molecule has 0 saturated carbocycles. The zero-order chi connectivity index (χ0) is 18.2. The fourth-order valence-corrected chi connectivity index (χ4v) is 2.60. The molecule has 0 aliphatic rings. The number of nitrogens with zero attached hydrogens (tertiary/aromatic N) is 1. The molecule has 0 unspecified atom stereocenters. The number of hydrogen-bond acceptors (Lipinski definition) is 3. The minimum Gasteiger partial charge on any atom is -0.497 e. The van der Waals surface area contributed by atoms with Gasteiger partial charge in [-0.05, 0) is 30.2 Å². The van der Waals surface area contributed by atoms with Gasteiger partial charge in [-0.25, -0.2) is 0 Å². The second kappa shape index (κ2) is 8.87. The molecule has 0 aliphatic carbocycles. The van der Waals surface area contributed by atoms with E-state index in [2.05, 4.69) is 5.32 Å². The van der Waals surface area contributed by atoms with Crippen molar-refractivity contribution in [1.29, 1.82) is 0 Å². The maximum absolute atomic E-state index is 12.1. The second-order valence-electron chi connectivity index (χ2n) is 5.83. The van der Waals surface area contributed by atoms with Crippen LogP contribution in [0.4, 0.5) is 5.69 Å². The van der Waals surface area contributed by atoms with E-state index < -0.39 is 0 Å². The number of rotatable bonds is 7. The molecule has 2 rings (SSSR count). The molecule has 132 valence electrons. The van der Waals surface area contributed by atoms with Crippen LogP contribution in [0, 0.1) is 6.92 Å². The van der Waals surface area contributed by atoms with E-state index in [1.807, 2.05) is 49.4 Å². The Morgan fingerprint density at radius 2 is 1.88 bits per heavy atom. The van der Waals surface area contributed by atoms with Gasteiger partial charge in [0.1, 0.15) is 5.75 Å². The van der Waals surface area contributed by atoms with Crippen molar-refractivity contribution in [3.8, 4) is 5.75 Å². The molecule has 2 amide bonds. The molecule has 25 heavy (non-hydrogen) atoms. The number of amides is 2. The third-order valence-electron chi connectivity index (χ3n) is 4.01. The highest BCUT2D eigenvalue weighted by molar-refractivity contribution is 5.91. The monoisotopic (exact) mass is 340 g/mol. The zero-order valence-electron chi connectivity index (χ0n) is 14.9. The number of ether oxygens (including phenoxy) is 1. The Morgan fingerprint density at radius 3 is 2.56 bits per heavy atom. The fraction of sp³-hybridized carbons (Fsp3) is 0.300. The molecule has 5 heteroatoms. The highest BCUT2D eigenvalue weighted by Gasteiger charge is 2.13. The van der Waals surface area contributed by atoms with E-state index in [1.54, 1.807) is 18.1 Å². The molecule has 0 heterocycles. The van der Waals surface area contributed by atoms with Gasteiger partial charge in [-0.1, -0.05) is 30.3 Å². The molecule has 5 nitrogen and oxygen atoms in total. The van der Waals surface area contributed by atoms with Crippen LogP contribution in [0.15, 0.2) is 48.5 Å². The lowest BCUT2D eigenvalue weighted by Gasteiger charge is -2.22. The number of aryl methyl sites for hydroxylation is 1. The van der Waals surface area contributed by atoms with Gasteiger partial charge in [0.2, 0.25) is 11.8 Å². The summed E-state index contributed by atoms with van der Waals surface area (Å²) < 4.78 is 5.20. The summed E-state index contributed by atoms with van der Waals surface area (Å²) in [4.78, 5) is 25.7. The maximum atomic E-state index is 12.1. The Labute approximate surface area is 148 Å². The van der Waals surface area contributed by atoms with Gasteiger partial charge in [0.05, 0.1) is 13.5 Å². The summed E-state index contributed by atoms with van der Waals surface area (Å²) in [6.07, 6.45) is 0.339. The van der Waals surface area contributed by atoms with Crippen LogP contribution < -0.4 is 15.0 Å². The van der Waals surface area contributed by atoms with E-state index in [4.69, 9.17) is 4.74 Å². The van der Waals surface area contributed by atoms with Gasteiger partial charge < -0.3 is 15.0 Å². The molecule has 1 N–H and O–H groups in total. The van der Waals surface area contributed by atoms with Crippen molar-refractivity contribution in [1.82, 2.24) is 5.32 Å². The van der Waals surface area contributed by atoms with Crippen molar-refractivity contribution in [2.45, 2.75) is 20.3 Å². The molecular formula is C20H24N2O3. The maximum Gasteiger partial charge on any atom is 0.224 e. The van der Waals surface area contributed by atoms with Crippen molar-refractivity contribution in [2.24, 2.45) is 0 Å². The highest BCUT2D eigenvalue weighted by atomic mass is 16.5. The summed E-state index contributed by atoms with van der Waals surface area (Å²) in [6, 6.07) is 15.1. The zero-order valence-corrected chi connectivity index (χ0v) is 14.9. The number of hydrogen-bond donors (Lipinski definition) is 1. The standard InChI is InChI=1S/C20H24N2O3/c1-15-7-4-5-8-17(15)13-20(24)21-11-12-22(16(2)23)18-9-6-10-19(14-18)25-3/h4-10,14H,11-13H2,1-3H3,(H,21,24). The van der Waals surface area contributed by atoms with Gasteiger partial charge in [0.15, 0.2) is 0 Å². The van der Waals surface area contributed by atoms with Crippen LogP contribution in [0.1, 0.15) is 18.1 Å². The number of anilines is 1. The van der Waals surface area contributed by atoms with Gasteiger partial charge in [-0.15, -0.1) is 0 Å². The molecule has 0 aliphatic heterocycles. The number of benzene rings is 2. The van der Waals surface area contributed by atoms with Crippen LogP contribution in [0.5, 0.6) is 5.75 Å². The Hall–Kier alpha value is -2.82. The van der Waals surface area contributed by atoms with E-state index in [-0.39, 0.29) is 11.8 Å². The first-order valence-corrected chi connectivity index (χ1v) is 8.24. The first-order valence-electron chi connectivity index (χ1n) is 8.24. The van der Waals surface area contributed by atoms with E-state index in [0.29, 0.717) is 25.3 Å². The molecule has 0 radical (unpaired) electrons. The average molecular weight is 340 g/mol. The lowest BCUT2D eigenvalue weighted by Crippen LogP contribution is -2.38. The smallest absolute Gasteiger partial charge is 0.224 e. The molecular weight excluding hydrogens is 316 g/mol. The quantitative estimate of drug-likeness (QED) is 0.843. The van der Waals surface area contributed by atoms with E-state index >= 15 is 0 Å². The molecule has 0 spiro atoms. The SMILES string of the molecule is COc1cccc(N(CCNC(=O)Cc2ccccc2C)C(C)=O)c1. The molecule has 0 saturated heterocycles. The van der Waals surface area contributed by atoms with Crippen molar-refractivity contribution in [2.75, 3.05) is 25.1 Å². The lowest BCUT2D eigenvalue weighted by atomic mass is 10.1. The number of carbonyl (C=O) groups is 2. The molecule has 0 fully saturated rings. The van der Waals surface area contributed by atoms with Crippen LogP contribution >= 0.6 is 0 Å². The predicted octanol–water partition coefficient (Wildman–Crippen LogP) is 2.72. The minimum atomic E-state index is -0.0820. The summed E-state index contributed by atoms with van der Waals surface area (Å²) >= 11 is 0. The lowest BCUT2D eigenvalue weighted by molar-refractivity contribution is -0.121. The Kier molecular flexibility index (Phi) is 6.57. The average Bonchev–Trinajstić information content (AvgIpc) is 2.60. The van der Waals surface area contributed by atoms with Gasteiger partial charge in [0.25, 0.3) is 0 Å². The largest absolute Gasteiger partial charge is 0.497 e. The summed E-state index contributed by atoms with van der Waals surface area (Å²) in [7, 11) is 1.59. The van der Waals surface area contributed by atoms with E-state index in [0.717, 1.165) is 16.8 Å². The van der Waals surface area contributed by atoms with Gasteiger partial charge in [-0.3, -0.25) is 9.59 Å². The highest BCUT2D eigenvalue weighted by Crippen LogP contribution is 2.20. The molecule has 0 bridgehead atoms. The van der Waals surface area contributed by atoms with Crippen LogP contribution in [0.25, 0.3) is 0 Å². The van der Waals surface area contributed by atoms with Crippen LogP contribution in [0.3, 0.4) is 0 Å². The Balaban J connectivity index is 1.92. The van der Waals surface area contributed by atoms with Crippen molar-refractivity contribution >= 4 is 17.5 Å². The second-order valence-corrected chi connectivity index (χ2v) is 5.83. The third kappa shape index (κ3) is 5.35. The molecule has 0 atom stereocenters. The minimum absolute atomic E-state index is 0.0524. The Morgan fingerprint density at radius 1 is 1.12 bits per heavy atom. The van der Waals surface area contributed by atoms with E-state index in [9.17, 15) is 9.59 Å². The summed E-state index contributed by atoms with van der Waals surface area (Å²) in [5.41, 5.74) is 2.86. The first-order chi connectivity index (χ1) is 12.0. The number of carbonyl (C=O) groups excluding carboxylic acids is 2. The van der Waals surface area contributed by atoms with Crippen LogP contribution in [-0.2, 0) is 16.0 Å². The Bertz CT molecular complexity index is 743. The summed E-state index contributed by atoms with van der Waals surface area (Å²) in [5.74, 6) is 0.553. The topological polar surface area (TPSA) is 58.6 Å². The number of methoxy groups -OCH3 is 1. The first kappa shape index (κ1) is 18.5. The van der Waals surface area contributed by atoms with Crippen molar-refractivity contribution in [3.05, 3.63) is 59.7 Å². The van der Waals surface area contributed by atoms with Crippen LogP contribution in [-0.4, -0.2) is 32.0 Å². The summed E-state index contributed by atoms with van der Waals surface area (Å²) in [5, 5.41) is 2.88. The predicted molar refractivity (Wildman–Crippen MR) is 98.9 cm³/mol. The molecule has 2 aromatic rings. The van der Waals surface area contributed by atoms with Gasteiger partial charge >= 0.3 is 0 Å². The molecule has 2 aromatic carbocycles. The van der Waals surface area contributed by atoms with Crippen molar-refractivity contribution < 1.29 is 14.3 Å². The third-order valence-corrected chi connectivity index (χ3v) is 4.01. The molecule has 0 aromatic heterocycles. The fourth-order valence-electron chi connectivity index (χ4n) is 2.60. The van der Waals surface area contributed by atoms with Crippen LogP contribution in [0.2, 0.25) is 0 Å². The number of nitrogens with one attached hydrogen (secondary N) is 1. The van der Waals surface area contributed by atoms with E-state index in [1.165, 1.54) is 6.92 Å². The van der Waals surface area contributed by atoms with Crippen molar-refractivity contribution in [3.63, 3.8) is 0 Å². The summed E-state index contributed by atoms with van der Waals surface area (Å²) in [6.45, 7) is 4.29. The van der Waals surface area contributed by atoms with Gasteiger partial charge in [0, 0.05) is 31.8 Å². The van der Waals surface area contributed by atoms with Gasteiger partial charge in [-0.2, -0.15) is 0 Å².